The van der Waals surface area contributed by atoms with Crippen LogP contribution in [0.2, 0.25) is 0 Å². The van der Waals surface area contributed by atoms with Crippen molar-refractivity contribution in [2.45, 2.75) is 18.9 Å². The molecular weight excluding hydrogens is 328 g/mol. The summed E-state index contributed by atoms with van der Waals surface area (Å²) in [5, 5.41) is 0. The number of nitrogens with zero attached hydrogens (tertiary/aromatic N) is 2. The van der Waals surface area contributed by atoms with E-state index in [4.69, 9.17) is 0 Å². The van der Waals surface area contributed by atoms with Gasteiger partial charge in [0.1, 0.15) is 6.04 Å². The molecule has 128 valence electrons. The van der Waals surface area contributed by atoms with Crippen molar-refractivity contribution in [3.05, 3.63) is 35.4 Å². The highest BCUT2D eigenvalue weighted by molar-refractivity contribution is 7.99. The fourth-order valence-electron chi connectivity index (χ4n) is 3.03. The number of carbonyl (C=O) groups excluding carboxylic acids is 3. The maximum absolute atomic E-state index is 12.8. The summed E-state index contributed by atoms with van der Waals surface area (Å²) in [6.45, 7) is 1.58. The van der Waals surface area contributed by atoms with E-state index in [1.165, 1.54) is 7.11 Å². The summed E-state index contributed by atoms with van der Waals surface area (Å²) in [7, 11) is 1.32. The van der Waals surface area contributed by atoms with Crippen LogP contribution in [0.15, 0.2) is 24.3 Å². The number of ether oxygens (including phenoxy) is 1. The molecule has 2 fully saturated rings. The molecule has 0 N–H and O–H groups in total. The van der Waals surface area contributed by atoms with Gasteiger partial charge < -0.3 is 14.5 Å². The molecule has 0 aromatic heterocycles. The van der Waals surface area contributed by atoms with Gasteiger partial charge >= 0.3 is 5.97 Å². The lowest BCUT2D eigenvalue weighted by Gasteiger charge is -2.27. The third-order valence-electron chi connectivity index (χ3n) is 4.40. The number of thioether (sulfide) groups is 1. The van der Waals surface area contributed by atoms with E-state index < -0.39 is 5.97 Å². The van der Waals surface area contributed by atoms with Gasteiger partial charge in [0.2, 0.25) is 5.91 Å². The van der Waals surface area contributed by atoms with Crippen molar-refractivity contribution in [2.24, 2.45) is 0 Å². The molecule has 1 aromatic rings. The molecule has 0 saturated carbocycles. The molecule has 1 aromatic carbocycles. The maximum atomic E-state index is 12.8. The highest BCUT2D eigenvalue weighted by atomic mass is 32.2. The van der Waals surface area contributed by atoms with Gasteiger partial charge in [-0.15, -0.1) is 11.8 Å². The van der Waals surface area contributed by atoms with Crippen molar-refractivity contribution < 1.29 is 19.1 Å². The van der Waals surface area contributed by atoms with Gasteiger partial charge in [0.25, 0.3) is 5.91 Å². The number of amides is 2. The van der Waals surface area contributed by atoms with Gasteiger partial charge in [-0.25, -0.2) is 4.79 Å². The molecule has 3 rings (SSSR count). The number of hydrogen-bond acceptors (Lipinski definition) is 5. The summed E-state index contributed by atoms with van der Waals surface area (Å²) in [6, 6.07) is 5.96. The minimum Gasteiger partial charge on any atom is -0.465 e. The van der Waals surface area contributed by atoms with E-state index in [0.29, 0.717) is 22.8 Å². The largest absolute Gasteiger partial charge is 0.465 e. The Labute approximate surface area is 145 Å². The number of methoxy groups -OCH3 is 1. The normalized spacial score (nSPS) is 20.3. The van der Waals surface area contributed by atoms with E-state index >= 15 is 0 Å². The maximum Gasteiger partial charge on any atom is 0.337 e. The summed E-state index contributed by atoms with van der Waals surface area (Å²) in [6.07, 6.45) is 2.07. The Morgan fingerprint density at radius 2 is 1.71 bits per heavy atom. The number of hydrogen-bond donors (Lipinski definition) is 0. The first-order chi connectivity index (χ1) is 11.6. The Morgan fingerprint density at radius 1 is 1.08 bits per heavy atom. The molecule has 1 atom stereocenters. The first-order valence-corrected chi connectivity index (χ1v) is 9.13. The van der Waals surface area contributed by atoms with Crippen molar-refractivity contribution in [2.75, 3.05) is 31.8 Å². The molecule has 2 aliphatic rings. The zero-order valence-electron chi connectivity index (χ0n) is 13.6. The molecule has 0 radical (unpaired) electrons. The van der Waals surface area contributed by atoms with Gasteiger partial charge in [0.15, 0.2) is 0 Å². The van der Waals surface area contributed by atoms with Crippen molar-refractivity contribution in [1.29, 1.82) is 0 Å². The van der Waals surface area contributed by atoms with Crippen LogP contribution < -0.4 is 0 Å². The second-order valence-electron chi connectivity index (χ2n) is 5.89. The van der Waals surface area contributed by atoms with Gasteiger partial charge in [0, 0.05) is 24.4 Å². The van der Waals surface area contributed by atoms with Gasteiger partial charge in [-0.3, -0.25) is 9.59 Å². The third-order valence-corrected chi connectivity index (χ3v) is 5.41. The molecule has 0 bridgehead atoms. The lowest BCUT2D eigenvalue weighted by atomic mass is 10.1. The van der Waals surface area contributed by atoms with Crippen LogP contribution in [0.3, 0.4) is 0 Å². The molecule has 7 heteroatoms. The van der Waals surface area contributed by atoms with Gasteiger partial charge in [-0.05, 0) is 37.1 Å². The molecule has 2 heterocycles. The van der Waals surface area contributed by atoms with Crippen LogP contribution in [-0.4, -0.2) is 65.5 Å². The summed E-state index contributed by atoms with van der Waals surface area (Å²) >= 11 is 1.60. The molecule has 6 nitrogen and oxygen atoms in total. The SMILES string of the molecule is COC(=O)c1ccc(C(=O)N2CSCC2C(=O)N2CCCC2)cc1. The zero-order chi connectivity index (χ0) is 17.1. The van der Waals surface area contributed by atoms with Crippen molar-refractivity contribution >= 4 is 29.5 Å². The van der Waals surface area contributed by atoms with Gasteiger partial charge in [-0.2, -0.15) is 0 Å². The summed E-state index contributed by atoms with van der Waals surface area (Å²) < 4.78 is 4.65. The predicted octanol–water partition coefficient (Wildman–Crippen LogP) is 1.61. The number of carbonyl (C=O) groups is 3. The Balaban J connectivity index is 1.73. The highest BCUT2D eigenvalue weighted by Crippen LogP contribution is 2.26. The average Bonchev–Trinajstić information content (AvgIpc) is 3.31. The second-order valence-corrected chi connectivity index (χ2v) is 6.89. The number of benzene rings is 1. The molecule has 1 unspecified atom stereocenters. The molecule has 24 heavy (non-hydrogen) atoms. The first-order valence-electron chi connectivity index (χ1n) is 7.97. The van der Waals surface area contributed by atoms with Crippen LogP contribution in [0.4, 0.5) is 0 Å². The lowest BCUT2D eigenvalue weighted by Crippen LogP contribution is -2.48. The standard InChI is InChI=1S/C17H20N2O4S/c1-23-17(22)13-6-4-12(5-7-13)15(20)19-11-24-10-14(19)16(21)18-8-2-3-9-18/h4-7,14H,2-3,8-11H2,1H3. The number of likely N-dealkylation sites (tertiary alicyclic amines) is 1. The van der Waals surface area contributed by atoms with Crippen LogP contribution in [0.5, 0.6) is 0 Å². The monoisotopic (exact) mass is 348 g/mol. The Hall–Kier alpha value is -2.02. The first kappa shape index (κ1) is 16.8. The number of esters is 1. The van der Waals surface area contributed by atoms with E-state index in [0.717, 1.165) is 25.9 Å². The van der Waals surface area contributed by atoms with E-state index in [9.17, 15) is 14.4 Å². The summed E-state index contributed by atoms with van der Waals surface area (Å²) in [4.78, 5) is 40.4. The fraction of sp³-hybridized carbons (Fsp3) is 0.471. The average molecular weight is 348 g/mol. The topological polar surface area (TPSA) is 66.9 Å². The van der Waals surface area contributed by atoms with Gasteiger partial charge in [0.05, 0.1) is 18.6 Å². The highest BCUT2D eigenvalue weighted by Gasteiger charge is 2.38. The predicted molar refractivity (Wildman–Crippen MR) is 90.9 cm³/mol. The minimum atomic E-state index is -0.437. The summed E-state index contributed by atoms with van der Waals surface area (Å²) in [5.74, 6) is 0.599. The molecule has 2 amide bonds. The van der Waals surface area contributed by atoms with Crippen molar-refractivity contribution in [1.82, 2.24) is 9.80 Å². The smallest absolute Gasteiger partial charge is 0.337 e. The summed E-state index contributed by atoms with van der Waals surface area (Å²) in [5.41, 5.74) is 0.874. The molecule has 2 saturated heterocycles. The second kappa shape index (κ2) is 7.25. The fourth-order valence-corrected chi connectivity index (χ4v) is 4.17. The molecule has 0 aliphatic carbocycles. The Kier molecular flexibility index (Phi) is 5.08. The van der Waals surface area contributed by atoms with Crippen LogP contribution in [0.25, 0.3) is 0 Å². The Bertz CT molecular complexity index is 640. The molecule has 0 spiro atoms. The van der Waals surface area contributed by atoms with E-state index in [1.807, 2.05) is 4.90 Å². The molecular formula is C17H20N2O4S. The van der Waals surface area contributed by atoms with Crippen LogP contribution in [0, 0.1) is 0 Å². The van der Waals surface area contributed by atoms with E-state index in [-0.39, 0.29) is 17.9 Å². The van der Waals surface area contributed by atoms with Gasteiger partial charge in [-0.1, -0.05) is 0 Å². The molecule has 2 aliphatic heterocycles. The van der Waals surface area contributed by atoms with Crippen LogP contribution >= 0.6 is 11.8 Å². The zero-order valence-corrected chi connectivity index (χ0v) is 14.4. The quantitative estimate of drug-likeness (QED) is 0.777. The van der Waals surface area contributed by atoms with Crippen LogP contribution in [0.1, 0.15) is 33.6 Å². The minimum absolute atomic E-state index is 0.0528. The Morgan fingerprint density at radius 3 is 2.33 bits per heavy atom. The lowest BCUT2D eigenvalue weighted by molar-refractivity contribution is -0.133. The van der Waals surface area contributed by atoms with Crippen molar-refractivity contribution in [3.63, 3.8) is 0 Å². The number of rotatable bonds is 3. The van der Waals surface area contributed by atoms with E-state index in [1.54, 1.807) is 40.9 Å². The van der Waals surface area contributed by atoms with Crippen molar-refractivity contribution in [3.8, 4) is 0 Å². The van der Waals surface area contributed by atoms with E-state index in [2.05, 4.69) is 4.74 Å². The van der Waals surface area contributed by atoms with Crippen LogP contribution in [-0.2, 0) is 9.53 Å². The third kappa shape index (κ3) is 3.26.